The van der Waals surface area contributed by atoms with Crippen molar-refractivity contribution in [1.82, 2.24) is 19.4 Å². The lowest BCUT2D eigenvalue weighted by Gasteiger charge is -2.25. The SMILES string of the molecule is CC1=[N+](C)C2C=C(Oc3ccc4c5ccccc5n(-c5cc(C(C)(C)C)ccn5)c4c3)C=C(N3C=CN(C)C3)C2=N1. The molecule has 2 aliphatic heterocycles. The number of fused-ring (bicyclic) bond motifs is 4. The molecule has 4 aromatic rings. The summed E-state index contributed by atoms with van der Waals surface area (Å²) in [7, 11) is 4.16. The van der Waals surface area contributed by atoms with Crippen molar-refractivity contribution in [3.8, 4) is 11.6 Å². The summed E-state index contributed by atoms with van der Waals surface area (Å²) in [6.45, 7) is 9.53. The number of hydrogen-bond donors (Lipinski definition) is 0. The number of benzene rings is 2. The first-order chi connectivity index (χ1) is 19.7. The van der Waals surface area contributed by atoms with Crippen molar-refractivity contribution < 1.29 is 9.31 Å². The van der Waals surface area contributed by atoms with Gasteiger partial charge in [0.2, 0.25) is 5.71 Å². The van der Waals surface area contributed by atoms with Crippen molar-refractivity contribution in [2.75, 3.05) is 20.8 Å². The number of aromatic nitrogens is 2. The van der Waals surface area contributed by atoms with Gasteiger partial charge in [-0.1, -0.05) is 39.0 Å². The van der Waals surface area contributed by atoms with Crippen molar-refractivity contribution in [3.05, 3.63) is 102 Å². The van der Waals surface area contributed by atoms with Crippen LogP contribution >= 0.6 is 0 Å². The summed E-state index contributed by atoms with van der Waals surface area (Å²) in [5.41, 5.74) is 5.58. The van der Waals surface area contributed by atoms with Crippen molar-refractivity contribution in [1.29, 1.82) is 0 Å². The van der Waals surface area contributed by atoms with Gasteiger partial charge in [0.05, 0.1) is 30.4 Å². The molecule has 0 amide bonds. The van der Waals surface area contributed by atoms with E-state index in [1.807, 2.05) is 6.20 Å². The minimum Gasteiger partial charge on any atom is -0.457 e. The number of amidine groups is 1. The highest BCUT2D eigenvalue weighted by atomic mass is 16.5. The first kappa shape index (κ1) is 25.3. The molecule has 2 aromatic heterocycles. The molecule has 1 unspecified atom stereocenters. The second-order valence-electron chi connectivity index (χ2n) is 12.2. The van der Waals surface area contributed by atoms with Crippen LogP contribution in [0, 0.1) is 0 Å². The summed E-state index contributed by atoms with van der Waals surface area (Å²) in [5.74, 6) is 3.50. The zero-order valence-corrected chi connectivity index (χ0v) is 24.5. The monoisotopic (exact) mass is 543 g/mol. The molecule has 7 nitrogen and oxygen atoms in total. The summed E-state index contributed by atoms with van der Waals surface area (Å²) in [6.07, 6.45) is 10.4. The van der Waals surface area contributed by atoms with Gasteiger partial charge in [-0.2, -0.15) is 0 Å². The molecule has 2 aromatic carbocycles. The number of para-hydroxylation sites is 1. The van der Waals surface area contributed by atoms with E-state index in [1.165, 1.54) is 16.3 Å². The van der Waals surface area contributed by atoms with Gasteiger partial charge in [0.15, 0.2) is 6.04 Å². The molecule has 7 rings (SSSR count). The molecule has 0 radical (unpaired) electrons. The zero-order valence-electron chi connectivity index (χ0n) is 24.5. The summed E-state index contributed by atoms with van der Waals surface area (Å²) < 4.78 is 11.1. The standard InChI is InChI=1S/C34H35N6O/c1-22-36-33-30(38(22)6)19-25(20-31(33)39-16-15-37(5)21-39)41-24-11-12-27-26-9-7-8-10-28(26)40(29(27)18-24)32-17-23(13-14-35-32)34(2,3)4/h7-20,30H,21H2,1-6H3/q+1. The van der Waals surface area contributed by atoms with Crippen molar-refractivity contribution in [2.24, 2.45) is 4.99 Å². The van der Waals surface area contributed by atoms with Crippen LogP contribution in [0.3, 0.4) is 0 Å². The Bertz CT molecular complexity index is 1880. The molecule has 3 aliphatic rings. The Morgan fingerprint density at radius 1 is 0.976 bits per heavy atom. The molecule has 0 fully saturated rings. The zero-order chi connectivity index (χ0) is 28.5. The highest BCUT2D eigenvalue weighted by Gasteiger charge is 2.40. The molecule has 1 aliphatic carbocycles. The van der Waals surface area contributed by atoms with Crippen LogP contribution in [0.25, 0.3) is 27.6 Å². The molecule has 206 valence electrons. The molecule has 0 N–H and O–H groups in total. The highest BCUT2D eigenvalue weighted by Crippen LogP contribution is 2.36. The second-order valence-corrected chi connectivity index (χ2v) is 12.2. The van der Waals surface area contributed by atoms with E-state index in [0.717, 1.165) is 52.3 Å². The van der Waals surface area contributed by atoms with Gasteiger partial charge in [0, 0.05) is 61.6 Å². The van der Waals surface area contributed by atoms with Gasteiger partial charge in [-0.25, -0.2) is 4.98 Å². The predicted molar refractivity (Wildman–Crippen MR) is 166 cm³/mol. The second kappa shape index (κ2) is 9.20. The maximum Gasteiger partial charge on any atom is 0.291 e. The van der Waals surface area contributed by atoms with E-state index in [2.05, 4.69) is 140 Å². The molecule has 41 heavy (non-hydrogen) atoms. The topological polar surface area (TPSA) is 48.9 Å². The minimum atomic E-state index is 0.0207. The fraction of sp³-hybridized carbons (Fsp3) is 0.265. The third kappa shape index (κ3) is 4.24. The van der Waals surface area contributed by atoms with Crippen LogP contribution in [0.5, 0.6) is 5.75 Å². The average Bonchev–Trinajstić information content (AvgIpc) is 3.61. The number of ether oxygens (including phenoxy) is 1. The number of pyridine rings is 1. The first-order valence-corrected chi connectivity index (χ1v) is 14.1. The maximum absolute atomic E-state index is 6.63. The lowest BCUT2D eigenvalue weighted by atomic mass is 9.88. The van der Waals surface area contributed by atoms with Gasteiger partial charge in [0.25, 0.3) is 5.84 Å². The number of aliphatic imine (C=N–C) groups is 1. The Balaban J connectivity index is 1.33. The molecule has 0 spiro atoms. The maximum atomic E-state index is 6.63. The molecule has 0 saturated heterocycles. The Hall–Kier alpha value is -4.65. The summed E-state index contributed by atoms with van der Waals surface area (Å²) >= 11 is 0. The number of likely N-dealkylation sites (N-methyl/N-ethyl adjacent to an activating group) is 1. The molecular formula is C34H35N6O+. The van der Waals surface area contributed by atoms with Crippen LogP contribution in [0.15, 0.2) is 102 Å². The smallest absolute Gasteiger partial charge is 0.291 e. The van der Waals surface area contributed by atoms with Crippen LogP contribution in [0.4, 0.5) is 0 Å². The van der Waals surface area contributed by atoms with Gasteiger partial charge >= 0.3 is 0 Å². The van der Waals surface area contributed by atoms with Crippen LogP contribution < -0.4 is 4.74 Å². The average molecular weight is 544 g/mol. The van der Waals surface area contributed by atoms with Gasteiger partial charge in [-0.05, 0) is 46.3 Å². The van der Waals surface area contributed by atoms with Crippen LogP contribution in [0.1, 0.15) is 33.3 Å². The van der Waals surface area contributed by atoms with Gasteiger partial charge in [-0.3, -0.25) is 9.14 Å². The minimum absolute atomic E-state index is 0.0207. The lowest BCUT2D eigenvalue weighted by molar-refractivity contribution is -0.505. The van der Waals surface area contributed by atoms with E-state index >= 15 is 0 Å². The third-order valence-electron chi connectivity index (χ3n) is 8.26. The molecule has 1 atom stereocenters. The summed E-state index contributed by atoms with van der Waals surface area (Å²) in [6, 6.07) is 19.2. The number of hydrogen-bond acceptors (Lipinski definition) is 5. The van der Waals surface area contributed by atoms with Crippen LogP contribution in [-0.4, -0.2) is 62.3 Å². The van der Waals surface area contributed by atoms with Crippen molar-refractivity contribution >= 4 is 33.4 Å². The Kier molecular flexibility index (Phi) is 5.68. The van der Waals surface area contributed by atoms with Crippen molar-refractivity contribution in [3.63, 3.8) is 0 Å². The van der Waals surface area contributed by atoms with Crippen LogP contribution in [-0.2, 0) is 5.41 Å². The molecule has 4 heterocycles. The number of allylic oxidation sites excluding steroid dienone is 1. The highest BCUT2D eigenvalue weighted by molar-refractivity contribution is 6.13. The molecule has 0 bridgehead atoms. The van der Waals surface area contributed by atoms with E-state index < -0.39 is 0 Å². The Labute approximate surface area is 240 Å². The largest absolute Gasteiger partial charge is 0.457 e. The van der Waals surface area contributed by atoms with E-state index in [4.69, 9.17) is 14.7 Å². The fourth-order valence-electron chi connectivity index (χ4n) is 5.90. The van der Waals surface area contributed by atoms with Gasteiger partial charge < -0.3 is 14.5 Å². The molecule has 7 heteroatoms. The third-order valence-corrected chi connectivity index (χ3v) is 8.26. The molecular weight excluding hydrogens is 508 g/mol. The molecule has 0 saturated carbocycles. The predicted octanol–water partition coefficient (Wildman–Crippen LogP) is 6.20. The van der Waals surface area contributed by atoms with Crippen LogP contribution in [0.2, 0.25) is 0 Å². The van der Waals surface area contributed by atoms with E-state index in [9.17, 15) is 0 Å². The van der Waals surface area contributed by atoms with Crippen molar-refractivity contribution in [2.45, 2.75) is 39.2 Å². The first-order valence-electron chi connectivity index (χ1n) is 14.1. The van der Waals surface area contributed by atoms with E-state index in [1.54, 1.807) is 0 Å². The Morgan fingerprint density at radius 3 is 2.56 bits per heavy atom. The number of nitrogens with zero attached hydrogens (tertiary/aromatic N) is 6. The fourth-order valence-corrected chi connectivity index (χ4v) is 5.90. The normalized spacial score (nSPS) is 18.8. The number of rotatable bonds is 4. The van der Waals surface area contributed by atoms with Gasteiger partial charge in [-0.15, -0.1) is 0 Å². The lowest BCUT2D eigenvalue weighted by Crippen LogP contribution is -2.36. The van der Waals surface area contributed by atoms with Gasteiger partial charge in [0.1, 0.15) is 17.3 Å². The summed E-state index contributed by atoms with van der Waals surface area (Å²) in [4.78, 5) is 14.1. The van der Waals surface area contributed by atoms with E-state index in [-0.39, 0.29) is 11.5 Å². The Morgan fingerprint density at radius 2 is 1.78 bits per heavy atom. The van der Waals surface area contributed by atoms with E-state index in [0.29, 0.717) is 0 Å². The quantitative estimate of drug-likeness (QED) is 0.288. The summed E-state index contributed by atoms with van der Waals surface area (Å²) in [5, 5.41) is 2.37.